The van der Waals surface area contributed by atoms with Crippen LogP contribution in [0.15, 0.2) is 29.2 Å². The summed E-state index contributed by atoms with van der Waals surface area (Å²) in [5.41, 5.74) is 1.11. The molecule has 0 radical (unpaired) electrons. The molecule has 0 saturated carbocycles. The van der Waals surface area contributed by atoms with Gasteiger partial charge < -0.3 is 4.79 Å². The predicted molar refractivity (Wildman–Crippen MR) is 73.4 cm³/mol. The van der Waals surface area contributed by atoms with Crippen LogP contribution in [-0.2, 0) is 21.2 Å². The molecule has 1 heterocycles. The summed E-state index contributed by atoms with van der Waals surface area (Å²) in [6.07, 6.45) is 3.28. The third-order valence-corrected chi connectivity index (χ3v) is 5.46. The van der Waals surface area contributed by atoms with Crippen LogP contribution in [0.3, 0.4) is 0 Å². The van der Waals surface area contributed by atoms with Crippen LogP contribution in [0.1, 0.15) is 25.3 Å². The molecular weight excluding hydrogens is 262 g/mol. The number of carbonyl (C=O) groups is 1. The maximum atomic E-state index is 12.5. The Morgan fingerprint density at radius 2 is 2.00 bits per heavy atom. The Kier molecular flexibility index (Phi) is 4.37. The first-order valence-electron chi connectivity index (χ1n) is 6.62. The zero-order valence-electron chi connectivity index (χ0n) is 11.1. The highest BCUT2D eigenvalue weighted by Crippen LogP contribution is 2.23. The van der Waals surface area contributed by atoms with Crippen LogP contribution >= 0.6 is 0 Å². The third kappa shape index (κ3) is 3.04. The maximum absolute atomic E-state index is 12.5. The van der Waals surface area contributed by atoms with Crippen molar-refractivity contribution in [1.82, 2.24) is 4.31 Å². The number of aldehydes is 1. The van der Waals surface area contributed by atoms with Crippen molar-refractivity contribution >= 4 is 16.3 Å². The first kappa shape index (κ1) is 14.2. The summed E-state index contributed by atoms with van der Waals surface area (Å²) in [5, 5.41) is 0. The zero-order valence-corrected chi connectivity index (χ0v) is 11.9. The zero-order chi connectivity index (χ0) is 13.9. The topological polar surface area (TPSA) is 54.5 Å². The second-order valence-corrected chi connectivity index (χ2v) is 6.84. The van der Waals surface area contributed by atoms with Crippen molar-refractivity contribution in [1.29, 1.82) is 0 Å². The molecule has 1 aliphatic rings. The monoisotopic (exact) mass is 281 g/mol. The van der Waals surface area contributed by atoms with E-state index in [1.54, 1.807) is 12.1 Å². The van der Waals surface area contributed by atoms with Crippen molar-refractivity contribution in [2.45, 2.75) is 31.1 Å². The van der Waals surface area contributed by atoms with E-state index in [1.165, 1.54) is 4.31 Å². The number of piperidine rings is 1. The van der Waals surface area contributed by atoms with E-state index in [0.29, 0.717) is 18.0 Å². The van der Waals surface area contributed by atoms with Crippen LogP contribution in [0.2, 0.25) is 0 Å². The Bertz CT molecular complexity index is 536. The summed E-state index contributed by atoms with van der Waals surface area (Å²) in [5.74, 6) is -0.168. The minimum Gasteiger partial charge on any atom is -0.303 e. The van der Waals surface area contributed by atoms with Gasteiger partial charge in [-0.2, -0.15) is 4.31 Å². The molecule has 0 amide bonds. The summed E-state index contributed by atoms with van der Waals surface area (Å²) in [4.78, 5) is 11.1. The number of benzene rings is 1. The molecule has 1 fully saturated rings. The number of nitrogens with zero attached hydrogens (tertiary/aromatic N) is 1. The molecule has 19 heavy (non-hydrogen) atoms. The van der Waals surface area contributed by atoms with Gasteiger partial charge in [0.25, 0.3) is 0 Å². The molecule has 1 aliphatic heterocycles. The minimum absolute atomic E-state index is 0.168. The van der Waals surface area contributed by atoms with Crippen LogP contribution in [-0.4, -0.2) is 32.1 Å². The van der Waals surface area contributed by atoms with Crippen LogP contribution in [0.25, 0.3) is 0 Å². The maximum Gasteiger partial charge on any atom is 0.243 e. The average Bonchev–Trinajstić information content (AvgIpc) is 2.47. The molecule has 0 N–H and O–H groups in total. The molecule has 0 aliphatic carbocycles. The lowest BCUT2D eigenvalue weighted by atomic mass is 10.0. The Morgan fingerprint density at radius 3 is 2.58 bits per heavy atom. The minimum atomic E-state index is -3.46. The highest BCUT2D eigenvalue weighted by atomic mass is 32.2. The van der Waals surface area contributed by atoms with E-state index in [4.69, 9.17) is 0 Å². The molecule has 4 nitrogen and oxygen atoms in total. The van der Waals surface area contributed by atoms with Gasteiger partial charge in [-0.3, -0.25) is 0 Å². The number of rotatable bonds is 4. The first-order valence-corrected chi connectivity index (χ1v) is 8.06. The van der Waals surface area contributed by atoms with Crippen molar-refractivity contribution in [3.05, 3.63) is 29.8 Å². The summed E-state index contributed by atoms with van der Waals surface area (Å²) >= 11 is 0. The van der Waals surface area contributed by atoms with Gasteiger partial charge in [-0.25, -0.2) is 8.42 Å². The second kappa shape index (κ2) is 5.84. The van der Waals surface area contributed by atoms with E-state index in [9.17, 15) is 13.2 Å². The number of carbonyl (C=O) groups excluding carboxylic acids is 1. The van der Waals surface area contributed by atoms with Gasteiger partial charge in [0.15, 0.2) is 0 Å². The summed E-state index contributed by atoms with van der Waals surface area (Å²) in [6, 6.07) is 6.99. The van der Waals surface area contributed by atoms with Crippen LogP contribution in [0.5, 0.6) is 0 Å². The van der Waals surface area contributed by atoms with Gasteiger partial charge in [-0.15, -0.1) is 0 Å². The third-order valence-electron chi connectivity index (χ3n) is 3.58. The van der Waals surface area contributed by atoms with E-state index < -0.39 is 10.0 Å². The van der Waals surface area contributed by atoms with Gasteiger partial charge in [0.05, 0.1) is 4.90 Å². The van der Waals surface area contributed by atoms with Crippen molar-refractivity contribution < 1.29 is 13.2 Å². The number of hydrogen-bond donors (Lipinski definition) is 0. The Hall–Kier alpha value is -1.20. The molecule has 1 saturated heterocycles. The summed E-state index contributed by atoms with van der Waals surface area (Å²) < 4.78 is 26.3. The second-order valence-electron chi connectivity index (χ2n) is 4.90. The lowest BCUT2D eigenvalue weighted by Gasteiger charge is -2.29. The molecule has 2 rings (SSSR count). The largest absolute Gasteiger partial charge is 0.303 e. The smallest absolute Gasteiger partial charge is 0.243 e. The number of aryl methyl sites for hydroxylation is 1. The van der Waals surface area contributed by atoms with Crippen molar-refractivity contribution in [2.24, 2.45) is 5.92 Å². The molecule has 5 heteroatoms. The Balaban J connectivity index is 2.23. The van der Waals surface area contributed by atoms with Gasteiger partial charge >= 0.3 is 0 Å². The van der Waals surface area contributed by atoms with Gasteiger partial charge in [-0.1, -0.05) is 19.1 Å². The molecule has 104 valence electrons. The molecule has 1 aromatic carbocycles. The number of sulfonamides is 1. The fourth-order valence-electron chi connectivity index (χ4n) is 2.35. The van der Waals surface area contributed by atoms with Crippen molar-refractivity contribution in [3.8, 4) is 0 Å². The van der Waals surface area contributed by atoms with E-state index in [1.807, 2.05) is 19.1 Å². The van der Waals surface area contributed by atoms with E-state index in [-0.39, 0.29) is 5.92 Å². The fraction of sp³-hybridized carbons (Fsp3) is 0.500. The first-order chi connectivity index (χ1) is 9.07. The predicted octanol–water partition coefficient (Wildman–Crippen LogP) is 1.85. The van der Waals surface area contributed by atoms with Crippen molar-refractivity contribution in [2.75, 3.05) is 13.1 Å². The molecule has 0 aromatic heterocycles. The Labute approximate surface area is 114 Å². The van der Waals surface area contributed by atoms with E-state index >= 15 is 0 Å². The SMILES string of the molecule is CCc1ccc(S(=O)(=O)N2CCCC(C=O)C2)cc1. The van der Waals surface area contributed by atoms with E-state index in [0.717, 1.165) is 31.1 Å². The highest BCUT2D eigenvalue weighted by Gasteiger charge is 2.29. The van der Waals surface area contributed by atoms with Gasteiger partial charge in [-0.05, 0) is 37.0 Å². The summed E-state index contributed by atoms with van der Waals surface area (Å²) in [6.45, 7) is 2.84. The normalized spacial score (nSPS) is 21.2. The van der Waals surface area contributed by atoms with Gasteiger partial charge in [0.1, 0.15) is 6.29 Å². The number of hydrogen-bond acceptors (Lipinski definition) is 3. The lowest BCUT2D eigenvalue weighted by molar-refractivity contribution is -0.112. The lowest BCUT2D eigenvalue weighted by Crippen LogP contribution is -2.40. The van der Waals surface area contributed by atoms with Crippen LogP contribution in [0.4, 0.5) is 0 Å². The van der Waals surface area contributed by atoms with Gasteiger partial charge in [0, 0.05) is 19.0 Å². The molecule has 1 unspecified atom stereocenters. The summed E-state index contributed by atoms with van der Waals surface area (Å²) in [7, 11) is -3.46. The van der Waals surface area contributed by atoms with Gasteiger partial charge in [0.2, 0.25) is 10.0 Å². The molecular formula is C14H19NO3S. The van der Waals surface area contributed by atoms with Crippen molar-refractivity contribution in [3.63, 3.8) is 0 Å². The standard InChI is InChI=1S/C14H19NO3S/c1-2-12-5-7-14(8-6-12)19(17,18)15-9-3-4-13(10-15)11-16/h5-8,11,13H,2-4,9-10H2,1H3. The molecule has 1 atom stereocenters. The molecule has 0 spiro atoms. The van der Waals surface area contributed by atoms with Crippen LogP contribution < -0.4 is 0 Å². The molecule has 1 aromatic rings. The van der Waals surface area contributed by atoms with Crippen LogP contribution in [0, 0.1) is 5.92 Å². The highest BCUT2D eigenvalue weighted by molar-refractivity contribution is 7.89. The molecule has 0 bridgehead atoms. The fourth-order valence-corrected chi connectivity index (χ4v) is 3.88. The average molecular weight is 281 g/mol. The Morgan fingerprint density at radius 1 is 1.32 bits per heavy atom. The van der Waals surface area contributed by atoms with E-state index in [2.05, 4.69) is 0 Å². The quantitative estimate of drug-likeness (QED) is 0.791.